The van der Waals surface area contributed by atoms with Crippen LogP contribution in [0.15, 0.2) is 60.7 Å². The van der Waals surface area contributed by atoms with Crippen LogP contribution in [0, 0.1) is 0 Å². The molecule has 0 radical (unpaired) electrons. The second-order valence-electron chi connectivity index (χ2n) is 6.89. The normalized spacial score (nSPS) is 10.6. The number of benzene rings is 3. The van der Waals surface area contributed by atoms with Gasteiger partial charge in [-0.05, 0) is 42.5 Å². The molecule has 3 rings (SSSR count). The highest BCUT2D eigenvalue weighted by molar-refractivity contribution is 6.35. The SMILES string of the molecule is COc1cc(C(=O)OCC(=O)Nc2ccccc2OC(F)F)ccc1OCc1ccc(Cl)cc1Cl. The molecule has 0 aromatic heterocycles. The van der Waals surface area contributed by atoms with Gasteiger partial charge in [0.05, 0.1) is 18.4 Å². The van der Waals surface area contributed by atoms with Gasteiger partial charge in [0, 0.05) is 15.6 Å². The number of rotatable bonds is 10. The third-order valence-corrected chi connectivity index (χ3v) is 5.10. The van der Waals surface area contributed by atoms with Crippen LogP contribution in [0.2, 0.25) is 10.0 Å². The Bertz CT molecular complexity index is 1210. The first-order chi connectivity index (χ1) is 16.8. The Morgan fingerprint density at radius 1 is 0.971 bits per heavy atom. The van der Waals surface area contributed by atoms with Crippen LogP contribution < -0.4 is 19.5 Å². The van der Waals surface area contributed by atoms with Crippen LogP contribution in [0.4, 0.5) is 14.5 Å². The highest BCUT2D eigenvalue weighted by Crippen LogP contribution is 2.30. The van der Waals surface area contributed by atoms with Gasteiger partial charge in [-0.15, -0.1) is 0 Å². The van der Waals surface area contributed by atoms with E-state index in [0.29, 0.717) is 21.4 Å². The van der Waals surface area contributed by atoms with Gasteiger partial charge in [-0.3, -0.25) is 4.79 Å². The number of esters is 1. The summed E-state index contributed by atoms with van der Waals surface area (Å²) in [4.78, 5) is 24.5. The molecule has 0 aliphatic carbocycles. The Balaban J connectivity index is 1.59. The van der Waals surface area contributed by atoms with Crippen molar-refractivity contribution in [1.82, 2.24) is 0 Å². The molecule has 0 aliphatic heterocycles. The average Bonchev–Trinajstić information content (AvgIpc) is 2.83. The van der Waals surface area contributed by atoms with Gasteiger partial charge in [-0.2, -0.15) is 8.78 Å². The van der Waals surface area contributed by atoms with Crippen LogP contribution in [0.25, 0.3) is 0 Å². The predicted octanol–water partition coefficient (Wildman–Crippen LogP) is 5.98. The lowest BCUT2D eigenvalue weighted by Gasteiger charge is -2.13. The van der Waals surface area contributed by atoms with Crippen LogP contribution in [-0.2, 0) is 16.1 Å². The molecular weight excluding hydrogens is 507 g/mol. The third kappa shape index (κ3) is 7.46. The standard InChI is InChI=1S/C24H19Cl2F2NO6/c1-32-21-10-14(7-9-20(21)33-12-15-6-8-16(25)11-17(15)26)23(31)34-13-22(30)29-18-4-2-3-5-19(18)35-24(27)28/h2-11,24H,12-13H2,1H3,(H,29,30). The molecule has 35 heavy (non-hydrogen) atoms. The minimum absolute atomic E-state index is 0.0119. The minimum atomic E-state index is -3.06. The summed E-state index contributed by atoms with van der Waals surface area (Å²) in [7, 11) is 1.40. The maximum absolute atomic E-state index is 12.5. The van der Waals surface area contributed by atoms with Crippen LogP contribution >= 0.6 is 23.2 Å². The van der Waals surface area contributed by atoms with Crippen molar-refractivity contribution in [2.45, 2.75) is 13.2 Å². The van der Waals surface area contributed by atoms with E-state index in [1.54, 1.807) is 18.2 Å². The van der Waals surface area contributed by atoms with Crippen molar-refractivity contribution >= 4 is 40.8 Å². The highest BCUT2D eigenvalue weighted by Gasteiger charge is 2.16. The summed E-state index contributed by atoms with van der Waals surface area (Å²) in [5.41, 5.74) is 0.818. The number of methoxy groups -OCH3 is 1. The molecule has 0 bridgehead atoms. The van der Waals surface area contributed by atoms with Crippen LogP contribution in [0.5, 0.6) is 17.2 Å². The smallest absolute Gasteiger partial charge is 0.387 e. The molecule has 7 nitrogen and oxygen atoms in total. The molecule has 184 valence electrons. The Morgan fingerprint density at radius 3 is 2.46 bits per heavy atom. The van der Waals surface area contributed by atoms with Crippen molar-refractivity contribution in [2.75, 3.05) is 19.0 Å². The lowest BCUT2D eigenvalue weighted by atomic mass is 10.2. The van der Waals surface area contributed by atoms with E-state index in [9.17, 15) is 18.4 Å². The first-order valence-corrected chi connectivity index (χ1v) is 10.8. The van der Waals surface area contributed by atoms with Gasteiger partial charge in [0.25, 0.3) is 5.91 Å². The maximum Gasteiger partial charge on any atom is 0.387 e. The number of halogens is 4. The van der Waals surface area contributed by atoms with Gasteiger partial charge in [-0.1, -0.05) is 41.4 Å². The van der Waals surface area contributed by atoms with Crippen molar-refractivity contribution < 1.29 is 37.3 Å². The van der Waals surface area contributed by atoms with E-state index >= 15 is 0 Å². The molecule has 0 aliphatic rings. The Morgan fingerprint density at radius 2 is 1.74 bits per heavy atom. The van der Waals surface area contributed by atoms with E-state index in [0.717, 1.165) is 0 Å². The third-order valence-electron chi connectivity index (χ3n) is 4.51. The molecule has 3 aromatic carbocycles. The van der Waals surface area contributed by atoms with E-state index in [2.05, 4.69) is 10.1 Å². The zero-order valence-corrected chi connectivity index (χ0v) is 19.7. The molecule has 1 amide bonds. The number of carbonyl (C=O) groups is 2. The quantitative estimate of drug-likeness (QED) is 0.328. The largest absolute Gasteiger partial charge is 0.493 e. The monoisotopic (exact) mass is 525 g/mol. The molecular formula is C24H19Cl2F2NO6. The van der Waals surface area contributed by atoms with Crippen LogP contribution in [0.1, 0.15) is 15.9 Å². The van der Waals surface area contributed by atoms with Crippen molar-refractivity contribution in [1.29, 1.82) is 0 Å². The maximum atomic E-state index is 12.5. The number of carbonyl (C=O) groups excluding carboxylic acids is 2. The van der Waals surface area contributed by atoms with Gasteiger partial charge in [0.2, 0.25) is 0 Å². The number of para-hydroxylation sites is 2. The van der Waals surface area contributed by atoms with Crippen LogP contribution in [0.3, 0.4) is 0 Å². The molecule has 0 saturated heterocycles. The summed E-state index contributed by atoms with van der Waals surface area (Å²) in [6.07, 6.45) is 0. The van der Waals surface area contributed by atoms with Crippen molar-refractivity contribution in [3.63, 3.8) is 0 Å². The lowest BCUT2D eigenvalue weighted by Crippen LogP contribution is -2.21. The Hall–Kier alpha value is -3.56. The molecule has 0 unspecified atom stereocenters. The molecule has 1 N–H and O–H groups in total. The first kappa shape index (κ1) is 26.1. The predicted molar refractivity (Wildman–Crippen MR) is 126 cm³/mol. The van der Waals surface area contributed by atoms with E-state index in [4.69, 9.17) is 37.4 Å². The second kappa shape index (κ2) is 12.2. The highest BCUT2D eigenvalue weighted by atomic mass is 35.5. The summed E-state index contributed by atoms with van der Waals surface area (Å²) in [6.45, 7) is -3.58. The molecule has 0 heterocycles. The van der Waals surface area contributed by atoms with E-state index < -0.39 is 25.1 Å². The molecule has 0 atom stereocenters. The molecule has 0 fully saturated rings. The Kier molecular flexibility index (Phi) is 9.11. The zero-order valence-electron chi connectivity index (χ0n) is 18.2. The van der Waals surface area contributed by atoms with E-state index in [1.807, 2.05) is 0 Å². The van der Waals surface area contributed by atoms with Gasteiger partial charge in [-0.25, -0.2) is 4.79 Å². The van der Waals surface area contributed by atoms with E-state index in [-0.39, 0.29) is 29.4 Å². The molecule has 11 heteroatoms. The van der Waals surface area contributed by atoms with Crippen molar-refractivity contribution in [2.24, 2.45) is 0 Å². The van der Waals surface area contributed by atoms with Gasteiger partial charge < -0.3 is 24.3 Å². The average molecular weight is 526 g/mol. The fourth-order valence-corrected chi connectivity index (χ4v) is 3.34. The number of hydrogen-bond acceptors (Lipinski definition) is 6. The van der Waals surface area contributed by atoms with Gasteiger partial charge in [0.15, 0.2) is 18.1 Å². The van der Waals surface area contributed by atoms with Crippen LogP contribution in [-0.4, -0.2) is 32.2 Å². The number of anilines is 1. The van der Waals surface area contributed by atoms with E-state index in [1.165, 1.54) is 49.6 Å². The number of hydrogen-bond donors (Lipinski definition) is 1. The topological polar surface area (TPSA) is 83.1 Å². The van der Waals surface area contributed by atoms with Gasteiger partial charge in [0.1, 0.15) is 12.4 Å². The molecule has 0 spiro atoms. The van der Waals surface area contributed by atoms with Crippen molar-refractivity contribution in [3.8, 4) is 17.2 Å². The summed E-state index contributed by atoms with van der Waals surface area (Å²) in [5, 5.41) is 3.30. The minimum Gasteiger partial charge on any atom is -0.493 e. The Labute approximate surface area is 209 Å². The van der Waals surface area contributed by atoms with Gasteiger partial charge >= 0.3 is 12.6 Å². The second-order valence-corrected chi connectivity index (χ2v) is 7.73. The summed E-state index contributed by atoms with van der Waals surface area (Å²) in [6, 6.07) is 15.0. The number of nitrogens with one attached hydrogen (secondary N) is 1. The molecule has 3 aromatic rings. The number of alkyl halides is 2. The van der Waals surface area contributed by atoms with Crippen molar-refractivity contribution in [3.05, 3.63) is 81.8 Å². The molecule has 0 saturated carbocycles. The fourth-order valence-electron chi connectivity index (χ4n) is 2.88. The lowest BCUT2D eigenvalue weighted by molar-refractivity contribution is -0.119. The first-order valence-electron chi connectivity index (χ1n) is 10.0. The summed E-state index contributed by atoms with van der Waals surface area (Å²) in [5.74, 6) is -1.16. The summed E-state index contributed by atoms with van der Waals surface area (Å²) >= 11 is 12.0. The summed E-state index contributed by atoms with van der Waals surface area (Å²) < 4.78 is 45.4. The number of ether oxygens (including phenoxy) is 4. The zero-order chi connectivity index (χ0) is 25.4. The number of amides is 1. The fraction of sp³-hybridized carbons (Fsp3) is 0.167.